The number of nitrogens with zero attached hydrogens (tertiary/aromatic N) is 1. The van der Waals surface area contributed by atoms with Crippen molar-refractivity contribution < 1.29 is 14.5 Å². The Bertz CT molecular complexity index is 500. The standard InChI is InChI=1S/C14H18N2O4/c1-9-7-12(15-10(2)17)8-14(20-9)11-3-5-13(6-4-11)16(18)19/h3-6,9,12,14H,7-8H2,1-2H3,(H,15,17)/t9-,12+,14-/m0/s1. The topological polar surface area (TPSA) is 81.5 Å². The van der Waals surface area contributed by atoms with Gasteiger partial charge in [-0.25, -0.2) is 0 Å². The third-order valence-electron chi connectivity index (χ3n) is 3.39. The summed E-state index contributed by atoms with van der Waals surface area (Å²) in [6, 6.07) is 6.46. The predicted molar refractivity (Wildman–Crippen MR) is 73.2 cm³/mol. The summed E-state index contributed by atoms with van der Waals surface area (Å²) in [6.45, 7) is 3.47. The van der Waals surface area contributed by atoms with Crippen molar-refractivity contribution in [2.24, 2.45) is 0 Å². The summed E-state index contributed by atoms with van der Waals surface area (Å²) in [5.41, 5.74) is 0.966. The number of benzene rings is 1. The molecular formula is C14H18N2O4. The Morgan fingerprint density at radius 2 is 2.00 bits per heavy atom. The van der Waals surface area contributed by atoms with Crippen molar-refractivity contribution in [1.82, 2.24) is 5.32 Å². The van der Waals surface area contributed by atoms with Crippen LogP contribution < -0.4 is 5.32 Å². The van der Waals surface area contributed by atoms with Gasteiger partial charge < -0.3 is 10.1 Å². The Balaban J connectivity index is 2.10. The van der Waals surface area contributed by atoms with Crippen LogP contribution in [0.5, 0.6) is 0 Å². The number of rotatable bonds is 3. The summed E-state index contributed by atoms with van der Waals surface area (Å²) >= 11 is 0. The number of nitro groups is 1. The number of hydrogen-bond donors (Lipinski definition) is 1. The van der Waals surface area contributed by atoms with Crippen molar-refractivity contribution in [3.8, 4) is 0 Å². The molecule has 0 spiro atoms. The summed E-state index contributed by atoms with van der Waals surface area (Å²) in [5.74, 6) is -0.0495. The molecule has 6 nitrogen and oxygen atoms in total. The largest absolute Gasteiger partial charge is 0.370 e. The van der Waals surface area contributed by atoms with Crippen LogP contribution in [0.1, 0.15) is 38.4 Å². The number of non-ortho nitro benzene ring substituents is 1. The number of ether oxygens (including phenoxy) is 1. The Morgan fingerprint density at radius 3 is 2.55 bits per heavy atom. The molecule has 0 bridgehead atoms. The number of amides is 1. The van der Waals surface area contributed by atoms with Gasteiger partial charge in [0.15, 0.2) is 0 Å². The van der Waals surface area contributed by atoms with Gasteiger partial charge in [-0.15, -0.1) is 0 Å². The van der Waals surface area contributed by atoms with E-state index >= 15 is 0 Å². The lowest BCUT2D eigenvalue weighted by atomic mass is 9.94. The Morgan fingerprint density at radius 1 is 1.35 bits per heavy atom. The maximum Gasteiger partial charge on any atom is 0.269 e. The number of carbonyl (C=O) groups is 1. The third-order valence-corrected chi connectivity index (χ3v) is 3.39. The van der Waals surface area contributed by atoms with Crippen molar-refractivity contribution in [2.75, 3.05) is 0 Å². The highest BCUT2D eigenvalue weighted by atomic mass is 16.6. The van der Waals surface area contributed by atoms with Crippen LogP contribution in [0.25, 0.3) is 0 Å². The van der Waals surface area contributed by atoms with Gasteiger partial charge in [0, 0.05) is 25.1 Å². The van der Waals surface area contributed by atoms with E-state index < -0.39 is 4.92 Å². The minimum absolute atomic E-state index is 0.0424. The van der Waals surface area contributed by atoms with Gasteiger partial charge in [-0.2, -0.15) is 0 Å². The van der Waals surface area contributed by atoms with Crippen molar-refractivity contribution in [3.63, 3.8) is 0 Å². The van der Waals surface area contributed by atoms with E-state index in [-0.39, 0.29) is 29.8 Å². The predicted octanol–water partition coefficient (Wildman–Crippen LogP) is 2.34. The molecule has 0 aliphatic carbocycles. The Labute approximate surface area is 117 Å². The van der Waals surface area contributed by atoms with E-state index in [1.165, 1.54) is 19.1 Å². The van der Waals surface area contributed by atoms with Crippen LogP contribution in [0.4, 0.5) is 5.69 Å². The minimum atomic E-state index is -0.422. The lowest BCUT2D eigenvalue weighted by Gasteiger charge is -2.34. The number of hydrogen-bond acceptors (Lipinski definition) is 4. The van der Waals surface area contributed by atoms with Crippen molar-refractivity contribution in [1.29, 1.82) is 0 Å². The molecule has 0 aromatic heterocycles. The van der Waals surface area contributed by atoms with Gasteiger partial charge in [-0.1, -0.05) is 0 Å². The van der Waals surface area contributed by atoms with Gasteiger partial charge in [-0.05, 0) is 37.5 Å². The second-order valence-electron chi connectivity index (χ2n) is 5.15. The molecule has 0 unspecified atom stereocenters. The van der Waals surface area contributed by atoms with E-state index in [9.17, 15) is 14.9 Å². The van der Waals surface area contributed by atoms with Crippen molar-refractivity contribution in [2.45, 2.75) is 44.9 Å². The smallest absolute Gasteiger partial charge is 0.269 e. The molecular weight excluding hydrogens is 260 g/mol. The lowest BCUT2D eigenvalue weighted by molar-refractivity contribution is -0.384. The Kier molecular flexibility index (Phi) is 4.34. The van der Waals surface area contributed by atoms with Gasteiger partial charge in [0.25, 0.3) is 5.69 Å². The van der Waals surface area contributed by atoms with E-state index in [2.05, 4.69) is 5.32 Å². The molecule has 1 aliphatic rings. The molecule has 1 saturated heterocycles. The first kappa shape index (κ1) is 14.5. The van der Waals surface area contributed by atoms with Crippen molar-refractivity contribution in [3.05, 3.63) is 39.9 Å². The van der Waals surface area contributed by atoms with Gasteiger partial charge in [0.1, 0.15) is 0 Å². The van der Waals surface area contributed by atoms with Gasteiger partial charge in [0.2, 0.25) is 5.91 Å². The molecule has 108 valence electrons. The SMILES string of the molecule is CC(=O)N[C@H]1C[C@@H](c2ccc([N+](=O)[O-])cc2)O[C@@H](C)C1. The summed E-state index contributed by atoms with van der Waals surface area (Å²) < 4.78 is 5.86. The van der Waals surface area contributed by atoms with Crippen LogP contribution in [0.3, 0.4) is 0 Å². The van der Waals surface area contributed by atoms with E-state index in [0.29, 0.717) is 6.42 Å². The zero-order valence-electron chi connectivity index (χ0n) is 11.5. The second kappa shape index (κ2) is 6.00. The van der Waals surface area contributed by atoms with E-state index in [4.69, 9.17) is 4.74 Å². The zero-order valence-corrected chi connectivity index (χ0v) is 11.5. The van der Waals surface area contributed by atoms with E-state index in [1.54, 1.807) is 12.1 Å². The fourth-order valence-electron chi connectivity index (χ4n) is 2.58. The highest BCUT2D eigenvalue weighted by Crippen LogP contribution is 2.32. The first-order chi connectivity index (χ1) is 9.45. The number of nitro benzene ring substituents is 1. The van der Waals surface area contributed by atoms with Crippen LogP contribution in [0.2, 0.25) is 0 Å². The van der Waals surface area contributed by atoms with Crippen LogP contribution in [-0.4, -0.2) is 23.0 Å². The molecule has 1 aliphatic heterocycles. The first-order valence-electron chi connectivity index (χ1n) is 6.62. The van der Waals surface area contributed by atoms with Crippen LogP contribution >= 0.6 is 0 Å². The lowest BCUT2D eigenvalue weighted by Crippen LogP contribution is -2.41. The molecule has 1 aromatic carbocycles. The first-order valence-corrected chi connectivity index (χ1v) is 6.62. The summed E-state index contributed by atoms with van der Waals surface area (Å²) in [6.07, 6.45) is 1.36. The molecule has 2 rings (SSSR count). The van der Waals surface area contributed by atoms with Gasteiger partial charge in [0.05, 0.1) is 17.1 Å². The van der Waals surface area contributed by atoms with Crippen LogP contribution in [0.15, 0.2) is 24.3 Å². The van der Waals surface area contributed by atoms with Gasteiger partial charge in [-0.3, -0.25) is 14.9 Å². The maximum atomic E-state index is 11.2. The summed E-state index contributed by atoms with van der Waals surface area (Å²) in [5, 5.41) is 13.6. The maximum absolute atomic E-state index is 11.2. The van der Waals surface area contributed by atoms with Crippen molar-refractivity contribution >= 4 is 11.6 Å². The van der Waals surface area contributed by atoms with Gasteiger partial charge >= 0.3 is 0 Å². The fourth-order valence-corrected chi connectivity index (χ4v) is 2.58. The number of nitrogens with one attached hydrogen (secondary N) is 1. The highest BCUT2D eigenvalue weighted by Gasteiger charge is 2.28. The van der Waals surface area contributed by atoms with E-state index in [1.807, 2.05) is 6.92 Å². The molecule has 1 fully saturated rings. The molecule has 6 heteroatoms. The second-order valence-corrected chi connectivity index (χ2v) is 5.15. The van der Waals surface area contributed by atoms with Crippen LogP contribution in [-0.2, 0) is 9.53 Å². The Hall–Kier alpha value is -1.95. The van der Waals surface area contributed by atoms with Crippen LogP contribution in [0, 0.1) is 10.1 Å². The molecule has 0 radical (unpaired) electrons. The zero-order chi connectivity index (χ0) is 14.7. The minimum Gasteiger partial charge on any atom is -0.370 e. The highest BCUT2D eigenvalue weighted by molar-refractivity contribution is 5.73. The third kappa shape index (κ3) is 3.54. The fraction of sp³-hybridized carbons (Fsp3) is 0.500. The molecule has 1 aromatic rings. The van der Waals surface area contributed by atoms with E-state index in [0.717, 1.165) is 12.0 Å². The molecule has 1 N–H and O–H groups in total. The molecule has 0 saturated carbocycles. The molecule has 20 heavy (non-hydrogen) atoms. The monoisotopic (exact) mass is 278 g/mol. The summed E-state index contributed by atoms with van der Waals surface area (Å²) in [4.78, 5) is 21.4. The summed E-state index contributed by atoms with van der Waals surface area (Å²) in [7, 11) is 0. The average molecular weight is 278 g/mol. The normalized spacial score (nSPS) is 26.0. The molecule has 1 amide bonds. The average Bonchev–Trinajstić information content (AvgIpc) is 2.37. The molecule has 3 atom stereocenters. The quantitative estimate of drug-likeness (QED) is 0.679. The number of carbonyl (C=O) groups excluding carboxylic acids is 1. The molecule has 1 heterocycles.